The molecule has 424 valence electrons. The minimum atomic E-state index is -0.830. The van der Waals surface area contributed by atoms with E-state index in [0.717, 1.165) is 96.3 Å². The fourth-order valence-corrected chi connectivity index (χ4v) is 7.97. The first-order valence-electron chi connectivity index (χ1n) is 30.7. The molecule has 0 aromatic rings. The molecule has 0 rings (SSSR count). The largest absolute Gasteiger partial charge is 0.462 e. The van der Waals surface area contributed by atoms with Crippen molar-refractivity contribution in [3.05, 3.63) is 134 Å². The Labute approximate surface area is 462 Å². The Kier molecular flexibility index (Phi) is 58.4. The summed E-state index contributed by atoms with van der Waals surface area (Å²) in [5.74, 6) is -1.04. The molecule has 0 aliphatic heterocycles. The van der Waals surface area contributed by atoms with Gasteiger partial charge in [-0.25, -0.2) is 0 Å². The van der Waals surface area contributed by atoms with E-state index in [-0.39, 0.29) is 37.5 Å². The molecule has 0 aromatic heterocycles. The van der Waals surface area contributed by atoms with E-state index >= 15 is 0 Å². The summed E-state index contributed by atoms with van der Waals surface area (Å²) in [6, 6.07) is 0. The summed E-state index contributed by atoms with van der Waals surface area (Å²) in [6.45, 7) is 6.47. The summed E-state index contributed by atoms with van der Waals surface area (Å²) in [7, 11) is 0. The van der Waals surface area contributed by atoms with Gasteiger partial charge in [0.15, 0.2) is 6.10 Å². The van der Waals surface area contributed by atoms with Crippen molar-refractivity contribution in [3.8, 4) is 0 Å². The smallest absolute Gasteiger partial charge is 0.306 e. The van der Waals surface area contributed by atoms with E-state index in [4.69, 9.17) is 14.2 Å². The van der Waals surface area contributed by atoms with Crippen LogP contribution in [0, 0.1) is 0 Å². The number of carbonyl (C=O) groups is 3. The lowest BCUT2D eigenvalue weighted by molar-refractivity contribution is -0.166. The Morgan fingerprint density at radius 1 is 0.267 bits per heavy atom. The molecule has 0 amide bonds. The molecule has 0 radical (unpaired) electrons. The Hall–Kier alpha value is -4.45. The molecule has 1 atom stereocenters. The van der Waals surface area contributed by atoms with Crippen molar-refractivity contribution in [2.75, 3.05) is 13.2 Å². The number of hydrogen-bond acceptors (Lipinski definition) is 6. The van der Waals surface area contributed by atoms with Gasteiger partial charge < -0.3 is 14.2 Å². The molecule has 0 aliphatic carbocycles. The standard InChI is InChI=1S/C69H112O6/c1-4-7-10-13-16-19-22-25-28-31-34-37-40-43-46-49-52-55-58-61-67(70)73-64-66(75-69(72)63-60-57-54-51-48-45-42-39-36-33-30-27-24-21-18-15-12-9-6-3)65-74-68(71)62-59-56-53-50-47-44-41-38-35-32-29-26-23-20-17-14-11-8-5-2/h16-21,25-30,34-35,37-38,43-44,46-47,52,55,66H,4-15,22-24,31-33,36,39-42,45,48-51,53-54,56-65H2,1-3H3/b19-16-,20-17-,21-18-,28-25-,29-26-,30-27-,37-34-,38-35-,46-43-,47-44-,55-52-/t66-/m1/s1. The maximum absolute atomic E-state index is 12.9. The number of rotatable bonds is 54. The second-order valence-corrected chi connectivity index (χ2v) is 19.9. The summed E-state index contributed by atoms with van der Waals surface area (Å²) >= 11 is 0. The number of unbranched alkanes of at least 4 members (excludes halogenated alkanes) is 21. The summed E-state index contributed by atoms with van der Waals surface area (Å²) < 4.78 is 16.8. The van der Waals surface area contributed by atoms with Gasteiger partial charge in [-0.1, -0.05) is 244 Å². The molecule has 0 saturated carbocycles. The predicted molar refractivity (Wildman–Crippen MR) is 325 cm³/mol. The first kappa shape index (κ1) is 70.5. The average molecular weight is 1040 g/mol. The van der Waals surface area contributed by atoms with Gasteiger partial charge in [0, 0.05) is 19.3 Å². The van der Waals surface area contributed by atoms with E-state index in [1.54, 1.807) is 0 Å². The Balaban J connectivity index is 4.58. The fourth-order valence-electron chi connectivity index (χ4n) is 7.97. The summed E-state index contributed by atoms with van der Waals surface area (Å²) in [5.41, 5.74) is 0. The summed E-state index contributed by atoms with van der Waals surface area (Å²) in [5, 5.41) is 0. The SMILES string of the molecule is CCCCC/C=C\C/C=C\C/C=C\C/C=C\C/C=C\CCC(=O)OC[C@H](COC(=O)CCCCC/C=C\C/C=C\C/C=C\C/C=C\CCCCC)OC(=O)CCCCCCCCCCC/C=C\C/C=C\CCCCC. The van der Waals surface area contributed by atoms with Gasteiger partial charge in [-0.15, -0.1) is 0 Å². The molecular formula is C69H112O6. The number of ether oxygens (including phenoxy) is 3. The summed E-state index contributed by atoms with van der Waals surface area (Å²) in [4.78, 5) is 38.2. The van der Waals surface area contributed by atoms with Crippen molar-refractivity contribution in [3.63, 3.8) is 0 Å². The molecule has 0 saturated heterocycles. The van der Waals surface area contributed by atoms with Crippen molar-refractivity contribution in [1.82, 2.24) is 0 Å². The van der Waals surface area contributed by atoms with Crippen LogP contribution in [0.4, 0.5) is 0 Å². The zero-order valence-corrected chi connectivity index (χ0v) is 48.5. The molecule has 0 unspecified atom stereocenters. The van der Waals surface area contributed by atoms with Crippen LogP contribution in [0.2, 0.25) is 0 Å². The molecule has 75 heavy (non-hydrogen) atoms. The van der Waals surface area contributed by atoms with Gasteiger partial charge >= 0.3 is 17.9 Å². The van der Waals surface area contributed by atoms with Crippen LogP contribution in [0.15, 0.2) is 134 Å². The van der Waals surface area contributed by atoms with Crippen LogP contribution in [0.1, 0.15) is 265 Å². The van der Waals surface area contributed by atoms with Gasteiger partial charge in [-0.05, 0) is 135 Å². The first-order chi connectivity index (χ1) is 37.0. The van der Waals surface area contributed by atoms with Crippen molar-refractivity contribution in [2.45, 2.75) is 271 Å². The van der Waals surface area contributed by atoms with Crippen LogP contribution in [0.25, 0.3) is 0 Å². The van der Waals surface area contributed by atoms with Crippen molar-refractivity contribution in [1.29, 1.82) is 0 Å². The molecule has 0 aliphatic rings. The second-order valence-electron chi connectivity index (χ2n) is 19.9. The van der Waals surface area contributed by atoms with E-state index in [9.17, 15) is 14.4 Å². The van der Waals surface area contributed by atoms with E-state index in [0.29, 0.717) is 19.3 Å². The lowest BCUT2D eigenvalue weighted by Crippen LogP contribution is -2.30. The third-order valence-corrected chi connectivity index (χ3v) is 12.6. The zero-order chi connectivity index (χ0) is 54.3. The number of carbonyl (C=O) groups excluding carboxylic acids is 3. The van der Waals surface area contributed by atoms with Crippen molar-refractivity contribution >= 4 is 17.9 Å². The summed E-state index contributed by atoms with van der Waals surface area (Å²) in [6.07, 6.45) is 87.4. The molecule has 0 heterocycles. The topological polar surface area (TPSA) is 78.9 Å². The van der Waals surface area contributed by atoms with Crippen LogP contribution >= 0.6 is 0 Å². The van der Waals surface area contributed by atoms with Crippen LogP contribution in [-0.4, -0.2) is 37.2 Å². The molecule has 0 fully saturated rings. The highest BCUT2D eigenvalue weighted by molar-refractivity contribution is 5.71. The maximum atomic E-state index is 12.9. The Morgan fingerprint density at radius 3 is 0.840 bits per heavy atom. The van der Waals surface area contributed by atoms with Gasteiger partial charge in [0.1, 0.15) is 13.2 Å². The molecular weight excluding hydrogens is 925 g/mol. The number of esters is 3. The van der Waals surface area contributed by atoms with Gasteiger partial charge in [0.05, 0.1) is 0 Å². The maximum Gasteiger partial charge on any atom is 0.306 e. The normalized spacial score (nSPS) is 13.1. The van der Waals surface area contributed by atoms with Gasteiger partial charge in [0.2, 0.25) is 0 Å². The molecule has 6 nitrogen and oxygen atoms in total. The highest BCUT2D eigenvalue weighted by Crippen LogP contribution is 2.14. The van der Waals surface area contributed by atoms with Crippen LogP contribution in [0.3, 0.4) is 0 Å². The molecule has 0 spiro atoms. The van der Waals surface area contributed by atoms with Gasteiger partial charge in [-0.2, -0.15) is 0 Å². The predicted octanol–water partition coefficient (Wildman–Crippen LogP) is 21.0. The lowest BCUT2D eigenvalue weighted by atomic mass is 10.1. The monoisotopic (exact) mass is 1040 g/mol. The minimum Gasteiger partial charge on any atom is -0.462 e. The quantitative estimate of drug-likeness (QED) is 0.0261. The molecule has 0 bridgehead atoms. The van der Waals surface area contributed by atoms with Crippen molar-refractivity contribution in [2.24, 2.45) is 0 Å². The highest BCUT2D eigenvalue weighted by atomic mass is 16.6. The molecule has 6 heteroatoms. The Bertz CT molecular complexity index is 1620. The van der Waals surface area contributed by atoms with E-state index in [1.807, 2.05) is 6.08 Å². The zero-order valence-electron chi connectivity index (χ0n) is 48.5. The highest BCUT2D eigenvalue weighted by Gasteiger charge is 2.19. The lowest BCUT2D eigenvalue weighted by Gasteiger charge is -2.18. The third-order valence-electron chi connectivity index (χ3n) is 12.6. The van der Waals surface area contributed by atoms with Crippen LogP contribution < -0.4 is 0 Å². The number of hydrogen-bond donors (Lipinski definition) is 0. The van der Waals surface area contributed by atoms with Crippen LogP contribution in [-0.2, 0) is 28.6 Å². The average Bonchev–Trinajstić information content (AvgIpc) is 3.41. The van der Waals surface area contributed by atoms with Crippen LogP contribution in [0.5, 0.6) is 0 Å². The first-order valence-corrected chi connectivity index (χ1v) is 30.7. The molecule has 0 N–H and O–H groups in total. The third kappa shape index (κ3) is 60.3. The van der Waals surface area contributed by atoms with E-state index < -0.39 is 6.10 Å². The van der Waals surface area contributed by atoms with Gasteiger partial charge in [-0.3, -0.25) is 14.4 Å². The number of allylic oxidation sites excluding steroid dienone is 22. The minimum absolute atomic E-state index is 0.123. The fraction of sp³-hybridized carbons (Fsp3) is 0.638. The second kappa shape index (κ2) is 62.1. The molecule has 0 aromatic carbocycles. The van der Waals surface area contributed by atoms with Crippen molar-refractivity contribution < 1.29 is 28.6 Å². The van der Waals surface area contributed by atoms with E-state index in [2.05, 4.69) is 148 Å². The van der Waals surface area contributed by atoms with E-state index in [1.165, 1.54) is 122 Å². The Morgan fingerprint density at radius 2 is 0.507 bits per heavy atom. The van der Waals surface area contributed by atoms with Gasteiger partial charge in [0.25, 0.3) is 0 Å².